The highest BCUT2D eigenvalue weighted by Gasteiger charge is 2.30. The number of piperidine rings is 1. The van der Waals surface area contributed by atoms with E-state index in [2.05, 4.69) is 10.2 Å². The summed E-state index contributed by atoms with van der Waals surface area (Å²) in [4.78, 5) is 14.9. The number of nitrogens with one attached hydrogen (secondary N) is 1. The molecule has 8 heteroatoms. The second kappa shape index (κ2) is 11.0. The number of carbonyl (C=O) groups excluding carboxylic acids is 1. The predicted octanol–water partition coefficient (Wildman–Crippen LogP) is 4.09. The number of benzene rings is 3. The second-order valence-electron chi connectivity index (χ2n) is 8.78. The molecule has 0 aliphatic carbocycles. The number of para-hydroxylation sites is 1. The number of sulfonamides is 1. The average Bonchev–Trinajstić information content (AvgIpc) is 2.88. The van der Waals surface area contributed by atoms with E-state index in [4.69, 9.17) is 4.74 Å². The van der Waals surface area contributed by atoms with Crippen LogP contribution in [0.2, 0.25) is 0 Å². The molecule has 184 valence electrons. The third-order valence-corrected chi connectivity index (χ3v) is 8.27. The fraction of sp³-hybridized carbons (Fsp3) is 0.296. The van der Waals surface area contributed by atoms with E-state index in [1.807, 2.05) is 61.6 Å². The molecule has 1 fully saturated rings. The Bertz CT molecular complexity index is 1240. The molecule has 0 saturated carbocycles. The molecule has 1 saturated heterocycles. The van der Waals surface area contributed by atoms with Gasteiger partial charge in [0.1, 0.15) is 5.75 Å². The van der Waals surface area contributed by atoms with Gasteiger partial charge in [-0.25, -0.2) is 8.42 Å². The van der Waals surface area contributed by atoms with Gasteiger partial charge >= 0.3 is 0 Å². The number of hydrogen-bond acceptors (Lipinski definition) is 5. The van der Waals surface area contributed by atoms with Crippen LogP contribution in [0.3, 0.4) is 0 Å². The molecular formula is C27H31N3O4S. The van der Waals surface area contributed by atoms with E-state index in [1.54, 1.807) is 19.2 Å². The minimum atomic E-state index is -3.60. The third-order valence-electron chi connectivity index (χ3n) is 6.35. The topological polar surface area (TPSA) is 79.0 Å². The zero-order chi connectivity index (χ0) is 24.8. The second-order valence-corrected chi connectivity index (χ2v) is 10.8. The lowest BCUT2D eigenvalue weighted by atomic mass is 10.1. The van der Waals surface area contributed by atoms with E-state index >= 15 is 0 Å². The summed E-state index contributed by atoms with van der Waals surface area (Å²) in [5.41, 5.74) is 2.42. The van der Waals surface area contributed by atoms with Crippen molar-refractivity contribution in [1.29, 1.82) is 0 Å². The highest BCUT2D eigenvalue weighted by molar-refractivity contribution is 7.89. The molecule has 35 heavy (non-hydrogen) atoms. The normalized spacial score (nSPS) is 15.2. The monoisotopic (exact) mass is 493 g/mol. The van der Waals surface area contributed by atoms with Gasteiger partial charge in [0, 0.05) is 24.3 Å². The lowest BCUT2D eigenvalue weighted by Crippen LogP contribution is -2.44. The van der Waals surface area contributed by atoms with Crippen LogP contribution >= 0.6 is 0 Å². The van der Waals surface area contributed by atoms with Gasteiger partial charge in [-0.2, -0.15) is 4.31 Å². The van der Waals surface area contributed by atoms with E-state index < -0.39 is 10.0 Å². The third kappa shape index (κ3) is 6.08. The number of amides is 1. The summed E-state index contributed by atoms with van der Waals surface area (Å²) in [5.74, 6) is 0.291. The summed E-state index contributed by atoms with van der Waals surface area (Å²) in [6, 6.07) is 23.7. The molecule has 1 N–H and O–H groups in total. The summed E-state index contributed by atoms with van der Waals surface area (Å²) in [7, 11) is 0.0896. The van der Waals surface area contributed by atoms with Crippen LogP contribution in [0.5, 0.6) is 5.75 Å². The summed E-state index contributed by atoms with van der Waals surface area (Å²) < 4.78 is 33.4. The van der Waals surface area contributed by atoms with E-state index in [0.717, 1.165) is 37.1 Å². The predicted molar refractivity (Wildman–Crippen MR) is 138 cm³/mol. The first-order valence-electron chi connectivity index (χ1n) is 11.7. The van der Waals surface area contributed by atoms with Gasteiger partial charge < -0.3 is 15.0 Å². The van der Waals surface area contributed by atoms with Crippen molar-refractivity contribution in [3.63, 3.8) is 0 Å². The number of anilines is 1. The number of ether oxygens (including phenoxy) is 1. The molecule has 0 radical (unpaired) electrons. The van der Waals surface area contributed by atoms with Crippen LogP contribution in [0.4, 0.5) is 5.69 Å². The Balaban J connectivity index is 1.36. The van der Waals surface area contributed by atoms with Crippen LogP contribution in [0, 0.1) is 0 Å². The van der Waals surface area contributed by atoms with Crippen LogP contribution in [-0.2, 0) is 14.8 Å². The first-order valence-corrected chi connectivity index (χ1v) is 13.1. The molecular weight excluding hydrogens is 462 g/mol. The van der Waals surface area contributed by atoms with Gasteiger partial charge in [-0.05, 0) is 68.9 Å². The maximum atomic E-state index is 13.1. The molecule has 0 bridgehead atoms. The van der Waals surface area contributed by atoms with Crippen LogP contribution in [-0.4, -0.2) is 63.4 Å². The highest BCUT2D eigenvalue weighted by Crippen LogP contribution is 2.29. The molecule has 0 spiro atoms. The molecule has 1 heterocycles. The Kier molecular flexibility index (Phi) is 7.85. The standard InChI is InChI=1S/C27H31N3O4S/c1-29-18-16-23(17-19-29)30(2)35(32,33)24-14-12-22(13-15-24)28-27(31)20-34-26-11-7-6-10-25(26)21-8-4-3-5-9-21/h3-15,23H,16-20H2,1-2H3,(H,28,31). The lowest BCUT2D eigenvalue weighted by Gasteiger charge is -2.34. The molecule has 1 aliphatic heterocycles. The highest BCUT2D eigenvalue weighted by atomic mass is 32.2. The summed E-state index contributed by atoms with van der Waals surface area (Å²) >= 11 is 0. The Labute approximate surface area is 207 Å². The van der Waals surface area contributed by atoms with E-state index in [0.29, 0.717) is 11.4 Å². The van der Waals surface area contributed by atoms with Gasteiger partial charge in [0.15, 0.2) is 6.61 Å². The Hall–Kier alpha value is -3.20. The Morgan fingerprint density at radius 2 is 1.60 bits per heavy atom. The van der Waals surface area contributed by atoms with Crippen LogP contribution in [0.25, 0.3) is 11.1 Å². The average molecular weight is 494 g/mol. The largest absolute Gasteiger partial charge is 0.483 e. The van der Waals surface area contributed by atoms with Crippen molar-refractivity contribution < 1.29 is 17.9 Å². The van der Waals surface area contributed by atoms with Gasteiger partial charge in [-0.3, -0.25) is 4.79 Å². The SMILES string of the molecule is CN1CCC(N(C)S(=O)(=O)c2ccc(NC(=O)COc3ccccc3-c3ccccc3)cc2)CC1. The van der Waals surface area contributed by atoms with Crippen LogP contribution in [0.15, 0.2) is 83.8 Å². The fourth-order valence-electron chi connectivity index (χ4n) is 4.22. The van der Waals surface area contributed by atoms with Crippen molar-refractivity contribution in [2.24, 2.45) is 0 Å². The lowest BCUT2D eigenvalue weighted by molar-refractivity contribution is -0.118. The van der Waals surface area contributed by atoms with Gasteiger partial charge in [-0.15, -0.1) is 0 Å². The maximum Gasteiger partial charge on any atom is 0.262 e. The number of likely N-dealkylation sites (tertiary alicyclic amines) is 1. The van der Waals surface area contributed by atoms with Gasteiger partial charge in [-0.1, -0.05) is 48.5 Å². The maximum absolute atomic E-state index is 13.1. The number of hydrogen-bond donors (Lipinski definition) is 1. The molecule has 3 aromatic rings. The van der Waals surface area contributed by atoms with E-state index in [9.17, 15) is 13.2 Å². The summed E-state index contributed by atoms with van der Waals surface area (Å²) in [6.07, 6.45) is 1.63. The molecule has 0 atom stereocenters. The van der Waals surface area contributed by atoms with Crippen molar-refractivity contribution in [3.05, 3.63) is 78.9 Å². The van der Waals surface area contributed by atoms with Crippen molar-refractivity contribution in [3.8, 4) is 16.9 Å². The molecule has 1 aliphatic rings. The van der Waals surface area contributed by atoms with Gasteiger partial charge in [0.25, 0.3) is 5.91 Å². The van der Waals surface area contributed by atoms with E-state index in [1.165, 1.54) is 16.4 Å². The molecule has 0 aromatic heterocycles. The molecule has 7 nitrogen and oxygen atoms in total. The van der Waals surface area contributed by atoms with E-state index in [-0.39, 0.29) is 23.5 Å². The Morgan fingerprint density at radius 3 is 2.29 bits per heavy atom. The van der Waals surface area contributed by atoms with Gasteiger partial charge in [0.2, 0.25) is 10.0 Å². The van der Waals surface area contributed by atoms with Crippen molar-refractivity contribution in [1.82, 2.24) is 9.21 Å². The smallest absolute Gasteiger partial charge is 0.262 e. The fourth-order valence-corrected chi connectivity index (χ4v) is 5.64. The molecule has 1 amide bonds. The van der Waals surface area contributed by atoms with Crippen molar-refractivity contribution >= 4 is 21.6 Å². The molecule has 0 unspecified atom stereocenters. The minimum Gasteiger partial charge on any atom is -0.483 e. The number of rotatable bonds is 8. The number of nitrogens with zero attached hydrogens (tertiary/aromatic N) is 2. The first kappa shape index (κ1) is 24.9. The molecule has 4 rings (SSSR count). The summed E-state index contributed by atoms with van der Waals surface area (Å²) in [6.45, 7) is 1.60. The van der Waals surface area contributed by atoms with Gasteiger partial charge in [0.05, 0.1) is 4.90 Å². The number of carbonyl (C=O) groups is 1. The zero-order valence-corrected chi connectivity index (χ0v) is 20.9. The molecule has 3 aromatic carbocycles. The minimum absolute atomic E-state index is 0.00788. The Morgan fingerprint density at radius 1 is 0.971 bits per heavy atom. The van der Waals surface area contributed by atoms with Crippen molar-refractivity contribution in [2.45, 2.75) is 23.8 Å². The zero-order valence-electron chi connectivity index (χ0n) is 20.1. The van der Waals surface area contributed by atoms with Crippen LogP contribution < -0.4 is 10.1 Å². The summed E-state index contributed by atoms with van der Waals surface area (Å²) in [5, 5.41) is 2.77. The van der Waals surface area contributed by atoms with Crippen LogP contribution in [0.1, 0.15) is 12.8 Å². The first-order chi connectivity index (χ1) is 16.8. The van der Waals surface area contributed by atoms with Crippen molar-refractivity contribution in [2.75, 3.05) is 39.1 Å². The quantitative estimate of drug-likeness (QED) is 0.512.